The van der Waals surface area contributed by atoms with Crippen molar-refractivity contribution in [1.82, 2.24) is 14.0 Å². The summed E-state index contributed by atoms with van der Waals surface area (Å²) in [5.74, 6) is 0.621. The summed E-state index contributed by atoms with van der Waals surface area (Å²) in [6.07, 6.45) is 2.40. The highest BCUT2D eigenvalue weighted by atomic mass is 16.2. The normalized spacial score (nSPS) is 16.1. The Morgan fingerprint density at radius 1 is 1.33 bits per heavy atom. The van der Waals surface area contributed by atoms with E-state index in [-0.39, 0.29) is 24.2 Å². The van der Waals surface area contributed by atoms with Crippen molar-refractivity contribution in [3.05, 3.63) is 34.7 Å². The first-order valence-corrected chi connectivity index (χ1v) is 7.40. The van der Waals surface area contributed by atoms with Gasteiger partial charge in [0.1, 0.15) is 6.54 Å². The number of amides is 1. The molecule has 112 valence electrons. The fourth-order valence-corrected chi connectivity index (χ4v) is 2.88. The summed E-state index contributed by atoms with van der Waals surface area (Å²) < 4.78 is 3.15. The van der Waals surface area contributed by atoms with Crippen LogP contribution in [0.25, 0.3) is 11.0 Å². The van der Waals surface area contributed by atoms with Gasteiger partial charge in [0.15, 0.2) is 0 Å². The lowest BCUT2D eigenvalue weighted by Crippen LogP contribution is -2.40. The number of para-hydroxylation sites is 2. The lowest BCUT2D eigenvalue weighted by molar-refractivity contribution is -0.132. The average molecular weight is 287 g/mol. The van der Waals surface area contributed by atoms with Crippen molar-refractivity contribution >= 4 is 16.9 Å². The van der Waals surface area contributed by atoms with Crippen molar-refractivity contribution in [2.75, 3.05) is 7.05 Å². The fraction of sp³-hybridized carbons (Fsp3) is 0.500. The first kappa shape index (κ1) is 13.9. The van der Waals surface area contributed by atoms with Crippen LogP contribution in [0.1, 0.15) is 19.8 Å². The highest BCUT2D eigenvalue weighted by molar-refractivity contribution is 5.81. The van der Waals surface area contributed by atoms with E-state index in [9.17, 15) is 9.59 Å². The summed E-state index contributed by atoms with van der Waals surface area (Å²) >= 11 is 0. The Hall–Kier alpha value is -2.04. The number of aryl methyl sites for hydroxylation is 1. The number of benzene rings is 1. The molecule has 0 N–H and O–H groups in total. The third kappa shape index (κ3) is 2.37. The van der Waals surface area contributed by atoms with E-state index in [2.05, 4.69) is 6.92 Å². The number of hydrogen-bond donors (Lipinski definition) is 0. The minimum absolute atomic E-state index is 0.00662. The second-order valence-corrected chi connectivity index (χ2v) is 6.00. The summed E-state index contributed by atoms with van der Waals surface area (Å²) in [6.45, 7) is 2.19. The van der Waals surface area contributed by atoms with Crippen LogP contribution in [0.15, 0.2) is 29.1 Å². The van der Waals surface area contributed by atoms with Crippen LogP contribution in [0, 0.1) is 5.92 Å². The van der Waals surface area contributed by atoms with Crippen molar-refractivity contribution in [2.45, 2.75) is 32.4 Å². The number of imidazole rings is 1. The van der Waals surface area contributed by atoms with Gasteiger partial charge in [0.25, 0.3) is 0 Å². The molecule has 0 spiro atoms. The zero-order valence-electron chi connectivity index (χ0n) is 12.7. The Morgan fingerprint density at radius 2 is 1.95 bits per heavy atom. The summed E-state index contributed by atoms with van der Waals surface area (Å²) in [4.78, 5) is 26.5. The van der Waals surface area contributed by atoms with Crippen LogP contribution < -0.4 is 5.69 Å². The zero-order valence-corrected chi connectivity index (χ0v) is 12.7. The molecule has 1 aliphatic rings. The maximum atomic E-state index is 12.4. The topological polar surface area (TPSA) is 47.2 Å². The van der Waals surface area contributed by atoms with E-state index in [0.717, 1.165) is 11.0 Å². The monoisotopic (exact) mass is 287 g/mol. The van der Waals surface area contributed by atoms with Gasteiger partial charge in [-0.25, -0.2) is 4.79 Å². The lowest BCUT2D eigenvalue weighted by atomic mass is 10.2. The van der Waals surface area contributed by atoms with Crippen molar-refractivity contribution in [3.63, 3.8) is 0 Å². The maximum absolute atomic E-state index is 12.4. The standard InChI is InChI=1S/C16H21N3O2/c1-11(12-8-9-12)17(2)15(20)10-19-14-7-5-4-6-13(14)18(3)16(19)21/h4-7,11-12H,8-10H2,1-3H3/t11-/m0/s1. The SMILES string of the molecule is C[C@@H](C1CC1)N(C)C(=O)Cn1c(=O)n(C)c2ccccc21. The van der Waals surface area contributed by atoms with Crippen molar-refractivity contribution in [3.8, 4) is 0 Å². The van der Waals surface area contributed by atoms with E-state index in [4.69, 9.17) is 0 Å². The number of carbonyl (C=O) groups excluding carboxylic acids is 1. The molecule has 1 fully saturated rings. The first-order valence-electron chi connectivity index (χ1n) is 7.40. The van der Waals surface area contributed by atoms with Gasteiger partial charge in [-0.15, -0.1) is 0 Å². The molecule has 1 aliphatic carbocycles. The van der Waals surface area contributed by atoms with Gasteiger partial charge in [0.2, 0.25) is 5.91 Å². The molecule has 0 unspecified atom stereocenters. The smallest absolute Gasteiger partial charge is 0.329 e. The highest BCUT2D eigenvalue weighted by Gasteiger charge is 2.32. The van der Waals surface area contributed by atoms with Crippen LogP contribution in [0.5, 0.6) is 0 Å². The molecule has 0 saturated heterocycles. The number of likely N-dealkylation sites (N-methyl/N-ethyl adjacent to an activating group) is 1. The molecule has 0 bridgehead atoms. The molecule has 1 amide bonds. The second-order valence-electron chi connectivity index (χ2n) is 6.00. The summed E-state index contributed by atoms with van der Waals surface area (Å²) in [5, 5.41) is 0. The third-order valence-corrected chi connectivity index (χ3v) is 4.65. The molecule has 1 saturated carbocycles. The van der Waals surface area contributed by atoms with Crippen LogP contribution in [-0.2, 0) is 18.4 Å². The summed E-state index contributed by atoms with van der Waals surface area (Å²) in [5.41, 5.74) is 1.52. The molecular weight excluding hydrogens is 266 g/mol. The van der Waals surface area contributed by atoms with Crippen molar-refractivity contribution in [1.29, 1.82) is 0 Å². The Kier molecular flexibility index (Phi) is 3.35. The molecule has 5 nitrogen and oxygen atoms in total. The van der Waals surface area contributed by atoms with Crippen molar-refractivity contribution in [2.24, 2.45) is 13.0 Å². The van der Waals surface area contributed by atoms with Gasteiger partial charge in [-0.05, 0) is 37.8 Å². The molecule has 5 heteroatoms. The Balaban J connectivity index is 1.89. The molecule has 0 radical (unpaired) electrons. The molecular formula is C16H21N3O2. The Morgan fingerprint density at radius 3 is 2.57 bits per heavy atom. The predicted octanol–water partition coefficient (Wildman–Crippen LogP) is 1.60. The number of fused-ring (bicyclic) bond motifs is 1. The van der Waals surface area contributed by atoms with Crippen molar-refractivity contribution < 1.29 is 4.79 Å². The van der Waals surface area contributed by atoms with E-state index in [1.54, 1.807) is 21.1 Å². The van der Waals surface area contributed by atoms with Gasteiger partial charge >= 0.3 is 5.69 Å². The van der Waals surface area contributed by atoms with Gasteiger partial charge in [-0.3, -0.25) is 13.9 Å². The number of hydrogen-bond acceptors (Lipinski definition) is 2. The average Bonchev–Trinajstić information content (AvgIpc) is 3.31. The highest BCUT2D eigenvalue weighted by Crippen LogP contribution is 2.34. The Labute approximate surface area is 123 Å². The molecule has 1 aromatic carbocycles. The van der Waals surface area contributed by atoms with Gasteiger partial charge in [-0.1, -0.05) is 12.1 Å². The second kappa shape index (κ2) is 5.06. The number of carbonyl (C=O) groups is 1. The van der Waals surface area contributed by atoms with E-state index >= 15 is 0 Å². The molecule has 21 heavy (non-hydrogen) atoms. The number of rotatable bonds is 4. The van der Waals surface area contributed by atoms with Crippen LogP contribution in [-0.4, -0.2) is 33.0 Å². The zero-order chi connectivity index (χ0) is 15.1. The van der Waals surface area contributed by atoms with Crippen LogP contribution >= 0.6 is 0 Å². The maximum Gasteiger partial charge on any atom is 0.329 e. The molecule has 1 atom stereocenters. The third-order valence-electron chi connectivity index (χ3n) is 4.65. The first-order chi connectivity index (χ1) is 10.0. The van der Waals surface area contributed by atoms with Gasteiger partial charge in [0.05, 0.1) is 11.0 Å². The quantitative estimate of drug-likeness (QED) is 0.857. The summed E-state index contributed by atoms with van der Waals surface area (Å²) in [7, 11) is 3.57. The van der Waals surface area contributed by atoms with Gasteiger partial charge in [-0.2, -0.15) is 0 Å². The summed E-state index contributed by atoms with van der Waals surface area (Å²) in [6, 6.07) is 7.82. The van der Waals surface area contributed by atoms with Crippen LogP contribution in [0.4, 0.5) is 0 Å². The minimum atomic E-state index is -0.142. The minimum Gasteiger partial charge on any atom is -0.341 e. The Bertz CT molecular complexity index is 740. The molecule has 0 aliphatic heterocycles. The largest absolute Gasteiger partial charge is 0.341 e. The lowest BCUT2D eigenvalue weighted by Gasteiger charge is -2.25. The predicted molar refractivity (Wildman–Crippen MR) is 82.1 cm³/mol. The number of nitrogens with zero attached hydrogens (tertiary/aromatic N) is 3. The van der Waals surface area contributed by atoms with E-state index in [1.165, 1.54) is 12.8 Å². The number of aromatic nitrogens is 2. The van der Waals surface area contributed by atoms with Crippen LogP contribution in [0.2, 0.25) is 0 Å². The van der Waals surface area contributed by atoms with E-state index < -0.39 is 0 Å². The van der Waals surface area contributed by atoms with Gasteiger partial charge < -0.3 is 4.90 Å². The molecule has 3 rings (SSSR count). The van der Waals surface area contributed by atoms with E-state index in [1.807, 2.05) is 31.3 Å². The van der Waals surface area contributed by atoms with Crippen LogP contribution in [0.3, 0.4) is 0 Å². The van der Waals surface area contributed by atoms with E-state index in [0.29, 0.717) is 5.92 Å². The van der Waals surface area contributed by atoms with Gasteiger partial charge in [0, 0.05) is 20.1 Å². The molecule has 2 aromatic rings. The molecule has 1 aromatic heterocycles. The fourth-order valence-electron chi connectivity index (χ4n) is 2.88. The molecule has 1 heterocycles.